The van der Waals surface area contributed by atoms with Crippen molar-refractivity contribution in [1.29, 1.82) is 0 Å². The smallest absolute Gasteiger partial charge is 0.252 e. The van der Waals surface area contributed by atoms with Gasteiger partial charge in [0.05, 0.1) is 12.1 Å². The van der Waals surface area contributed by atoms with Crippen LogP contribution in [0, 0.1) is 0 Å². The number of guanidine groups is 1. The fraction of sp³-hybridized carbons (Fsp3) is 0.381. The summed E-state index contributed by atoms with van der Waals surface area (Å²) in [4.78, 5) is 20.8. The van der Waals surface area contributed by atoms with Crippen LogP contribution < -0.4 is 16.0 Å². The minimum atomic E-state index is -0.122. The second-order valence-corrected chi connectivity index (χ2v) is 7.73. The molecule has 1 fully saturated rings. The summed E-state index contributed by atoms with van der Waals surface area (Å²) in [5.41, 5.74) is 2.03. The maximum absolute atomic E-state index is 12.0. The van der Waals surface area contributed by atoms with Crippen LogP contribution in [-0.4, -0.2) is 43.0 Å². The molecular weight excluding hydrogens is 418 g/mol. The molecule has 0 atom stereocenters. The molecule has 0 unspecified atom stereocenters. The van der Waals surface area contributed by atoms with Crippen LogP contribution in [0.25, 0.3) is 0 Å². The first-order chi connectivity index (χ1) is 13.6. The Bertz CT molecular complexity index is 821. The molecule has 1 heterocycles. The van der Waals surface area contributed by atoms with Gasteiger partial charge in [0.15, 0.2) is 5.96 Å². The van der Waals surface area contributed by atoms with Gasteiger partial charge in [-0.3, -0.25) is 14.8 Å². The zero-order valence-corrected chi connectivity index (χ0v) is 17.6. The number of rotatable bonds is 8. The maximum atomic E-state index is 12.0. The molecule has 0 aliphatic heterocycles. The zero-order valence-electron chi connectivity index (χ0n) is 16.0. The van der Waals surface area contributed by atoms with Gasteiger partial charge in [-0.05, 0) is 43.5 Å². The van der Waals surface area contributed by atoms with Crippen LogP contribution in [0.2, 0.25) is 0 Å². The van der Waals surface area contributed by atoms with Gasteiger partial charge in [-0.25, -0.2) is 0 Å². The first kappa shape index (κ1) is 20.3. The molecule has 0 bridgehead atoms. The molecule has 148 valence electrons. The first-order valence-corrected chi connectivity index (χ1v) is 10.4. The van der Waals surface area contributed by atoms with Gasteiger partial charge >= 0.3 is 0 Å². The molecule has 28 heavy (non-hydrogen) atoms. The summed E-state index contributed by atoms with van der Waals surface area (Å²) in [6, 6.07) is 11.9. The van der Waals surface area contributed by atoms with E-state index < -0.39 is 0 Å². The molecule has 1 aliphatic carbocycles. The SMILES string of the molecule is CCNC(=NCC1(c2ccccc2Br)CC1)NCCNC(=O)c1cccnc1. The molecule has 6 nitrogen and oxygen atoms in total. The lowest BCUT2D eigenvalue weighted by Crippen LogP contribution is -2.42. The molecule has 0 saturated heterocycles. The summed E-state index contributed by atoms with van der Waals surface area (Å²) < 4.78 is 1.15. The van der Waals surface area contributed by atoms with Crippen molar-refractivity contribution in [2.24, 2.45) is 4.99 Å². The number of aliphatic imine (C=N–C) groups is 1. The van der Waals surface area contributed by atoms with Crippen LogP contribution in [0.5, 0.6) is 0 Å². The standard InChI is InChI=1S/C21H26BrN5O/c1-2-24-20(26-13-12-25-19(28)16-6-5-11-23-14-16)27-15-21(9-10-21)17-7-3-4-8-18(17)22/h3-8,11,14H,2,9-10,12-13,15H2,1H3,(H,25,28)(H2,24,26,27). The van der Waals surface area contributed by atoms with Gasteiger partial charge in [0.2, 0.25) is 0 Å². The van der Waals surface area contributed by atoms with Crippen LogP contribution in [0.4, 0.5) is 0 Å². The van der Waals surface area contributed by atoms with Gasteiger partial charge in [0, 0.05) is 41.9 Å². The highest BCUT2D eigenvalue weighted by molar-refractivity contribution is 9.10. The van der Waals surface area contributed by atoms with Gasteiger partial charge in [-0.15, -0.1) is 0 Å². The predicted molar refractivity (Wildman–Crippen MR) is 116 cm³/mol. The molecule has 1 aromatic carbocycles. The fourth-order valence-electron chi connectivity index (χ4n) is 3.08. The van der Waals surface area contributed by atoms with Gasteiger partial charge < -0.3 is 16.0 Å². The molecule has 3 rings (SSSR count). The summed E-state index contributed by atoms with van der Waals surface area (Å²) in [5, 5.41) is 9.45. The lowest BCUT2D eigenvalue weighted by Gasteiger charge is -2.17. The van der Waals surface area contributed by atoms with Crippen molar-refractivity contribution in [3.05, 3.63) is 64.4 Å². The average Bonchev–Trinajstić information content (AvgIpc) is 3.51. The molecule has 1 amide bonds. The van der Waals surface area contributed by atoms with E-state index in [9.17, 15) is 4.79 Å². The highest BCUT2D eigenvalue weighted by Gasteiger charge is 2.45. The van der Waals surface area contributed by atoms with Crippen LogP contribution >= 0.6 is 15.9 Å². The van der Waals surface area contributed by atoms with Crippen molar-refractivity contribution >= 4 is 27.8 Å². The van der Waals surface area contributed by atoms with Gasteiger partial charge in [0.1, 0.15) is 0 Å². The van der Waals surface area contributed by atoms with E-state index in [-0.39, 0.29) is 11.3 Å². The van der Waals surface area contributed by atoms with E-state index in [0.717, 1.165) is 36.4 Å². The number of hydrogen-bond acceptors (Lipinski definition) is 3. The topological polar surface area (TPSA) is 78.4 Å². The molecule has 1 aliphatic rings. The van der Waals surface area contributed by atoms with Crippen molar-refractivity contribution in [3.8, 4) is 0 Å². The van der Waals surface area contributed by atoms with Crippen molar-refractivity contribution in [3.63, 3.8) is 0 Å². The van der Waals surface area contributed by atoms with Crippen molar-refractivity contribution in [2.75, 3.05) is 26.2 Å². The van der Waals surface area contributed by atoms with Gasteiger partial charge in [-0.2, -0.15) is 0 Å². The Morgan fingerprint density at radius 1 is 1.14 bits per heavy atom. The highest BCUT2D eigenvalue weighted by Crippen LogP contribution is 2.50. The number of nitrogens with one attached hydrogen (secondary N) is 3. The summed E-state index contributed by atoms with van der Waals surface area (Å²) in [6.07, 6.45) is 5.52. The van der Waals surface area contributed by atoms with E-state index in [4.69, 9.17) is 4.99 Å². The monoisotopic (exact) mass is 443 g/mol. The summed E-state index contributed by atoms with van der Waals surface area (Å²) in [7, 11) is 0. The summed E-state index contributed by atoms with van der Waals surface area (Å²) in [5.74, 6) is 0.652. The van der Waals surface area contributed by atoms with E-state index in [1.807, 2.05) is 13.0 Å². The Kier molecular flexibility index (Phi) is 7.03. The molecule has 3 N–H and O–H groups in total. The Hall–Kier alpha value is -2.41. The molecule has 0 radical (unpaired) electrons. The van der Waals surface area contributed by atoms with Crippen molar-refractivity contribution in [1.82, 2.24) is 20.9 Å². The lowest BCUT2D eigenvalue weighted by atomic mass is 9.96. The second kappa shape index (κ2) is 9.68. The minimum Gasteiger partial charge on any atom is -0.357 e. The van der Waals surface area contributed by atoms with E-state index in [1.54, 1.807) is 24.5 Å². The number of aromatic nitrogens is 1. The van der Waals surface area contributed by atoms with Gasteiger partial charge in [0.25, 0.3) is 5.91 Å². The lowest BCUT2D eigenvalue weighted by molar-refractivity contribution is 0.0954. The third-order valence-electron chi connectivity index (χ3n) is 4.81. The first-order valence-electron chi connectivity index (χ1n) is 9.60. The highest BCUT2D eigenvalue weighted by atomic mass is 79.9. The van der Waals surface area contributed by atoms with E-state index in [0.29, 0.717) is 18.7 Å². The molecule has 1 aromatic heterocycles. The number of amides is 1. The molecule has 1 saturated carbocycles. The third-order valence-corrected chi connectivity index (χ3v) is 5.50. The number of carbonyl (C=O) groups excluding carboxylic acids is 1. The molecular formula is C21H26BrN5O. The number of halogens is 1. The normalized spacial score (nSPS) is 15.0. The Morgan fingerprint density at radius 2 is 1.93 bits per heavy atom. The number of carbonyl (C=O) groups is 1. The summed E-state index contributed by atoms with van der Waals surface area (Å²) >= 11 is 3.67. The Balaban J connectivity index is 1.51. The Labute approximate surface area is 174 Å². The van der Waals surface area contributed by atoms with Crippen molar-refractivity contribution < 1.29 is 4.79 Å². The van der Waals surface area contributed by atoms with Crippen LogP contribution in [0.15, 0.2) is 58.3 Å². The second-order valence-electron chi connectivity index (χ2n) is 6.88. The molecule has 0 spiro atoms. The predicted octanol–water partition coefficient (Wildman–Crippen LogP) is 2.86. The third kappa shape index (κ3) is 5.32. The van der Waals surface area contributed by atoms with Crippen LogP contribution in [-0.2, 0) is 5.41 Å². The largest absolute Gasteiger partial charge is 0.357 e. The Morgan fingerprint density at radius 3 is 2.61 bits per heavy atom. The van der Waals surface area contributed by atoms with Crippen molar-refractivity contribution in [2.45, 2.75) is 25.2 Å². The number of hydrogen-bond donors (Lipinski definition) is 3. The minimum absolute atomic E-state index is 0.122. The van der Waals surface area contributed by atoms with Crippen LogP contribution in [0.3, 0.4) is 0 Å². The fourth-order valence-corrected chi connectivity index (χ4v) is 3.79. The van der Waals surface area contributed by atoms with E-state index in [1.165, 1.54) is 5.56 Å². The quantitative estimate of drug-likeness (QED) is 0.333. The van der Waals surface area contributed by atoms with E-state index >= 15 is 0 Å². The zero-order chi connectivity index (χ0) is 19.8. The number of nitrogens with zero attached hydrogens (tertiary/aromatic N) is 2. The molecule has 2 aromatic rings. The van der Waals surface area contributed by atoms with Crippen LogP contribution in [0.1, 0.15) is 35.7 Å². The maximum Gasteiger partial charge on any atom is 0.252 e. The van der Waals surface area contributed by atoms with E-state index in [2.05, 4.69) is 55.1 Å². The molecule has 7 heteroatoms. The number of pyridine rings is 1. The number of benzene rings is 1. The van der Waals surface area contributed by atoms with Gasteiger partial charge in [-0.1, -0.05) is 34.1 Å². The summed E-state index contributed by atoms with van der Waals surface area (Å²) in [6.45, 7) is 4.68. The average molecular weight is 444 g/mol.